The molecule has 0 spiro atoms. The number of fused-ring (bicyclic) bond motifs is 1. The van der Waals surface area contributed by atoms with E-state index >= 15 is 0 Å². The number of nitrogens with zero attached hydrogens (tertiary/aromatic N) is 1. The maximum atomic E-state index is 11.6. The van der Waals surface area contributed by atoms with Crippen LogP contribution in [0.1, 0.15) is 6.42 Å². The van der Waals surface area contributed by atoms with Crippen molar-refractivity contribution in [1.29, 1.82) is 0 Å². The van der Waals surface area contributed by atoms with Crippen molar-refractivity contribution in [3.05, 3.63) is 24.3 Å². The number of carboxylic acids is 1. The molecule has 0 radical (unpaired) electrons. The van der Waals surface area contributed by atoms with Gasteiger partial charge in [-0.1, -0.05) is 23.9 Å². The van der Waals surface area contributed by atoms with Gasteiger partial charge in [0.1, 0.15) is 0 Å². The molecule has 1 heterocycles. The Balaban J connectivity index is 1.93. The van der Waals surface area contributed by atoms with E-state index in [4.69, 9.17) is 5.11 Å². The van der Waals surface area contributed by atoms with Gasteiger partial charge in [0.05, 0.1) is 22.7 Å². The van der Waals surface area contributed by atoms with Crippen LogP contribution in [-0.4, -0.2) is 46.0 Å². The van der Waals surface area contributed by atoms with Crippen LogP contribution in [0.2, 0.25) is 0 Å². The largest absolute Gasteiger partial charge is 0.481 e. The number of carbonyl (C=O) groups is 2. The van der Waals surface area contributed by atoms with Gasteiger partial charge in [-0.25, -0.2) is 4.98 Å². The second-order valence-corrected chi connectivity index (χ2v) is 6.87. The van der Waals surface area contributed by atoms with Crippen molar-refractivity contribution < 1.29 is 19.8 Å². The first-order valence-corrected chi connectivity index (χ1v) is 8.49. The second-order valence-electron chi connectivity index (χ2n) is 4.57. The molecule has 118 valence electrons. The van der Waals surface area contributed by atoms with Crippen molar-refractivity contribution in [2.75, 3.05) is 18.9 Å². The van der Waals surface area contributed by atoms with Gasteiger partial charge < -0.3 is 15.5 Å². The number of aliphatic carboxylic acids is 1. The lowest BCUT2D eigenvalue weighted by molar-refractivity contribution is -0.143. The minimum Gasteiger partial charge on any atom is -0.481 e. The molecule has 2 rings (SSSR count). The summed E-state index contributed by atoms with van der Waals surface area (Å²) >= 11 is 2.85. The van der Waals surface area contributed by atoms with Crippen molar-refractivity contribution in [2.45, 2.75) is 10.8 Å². The number of para-hydroxylation sites is 1. The molecule has 2 aromatic rings. The molecule has 1 aromatic heterocycles. The topological polar surface area (TPSA) is 99.5 Å². The number of hydrogen-bond donors (Lipinski definition) is 3. The lowest BCUT2D eigenvalue weighted by atomic mass is 10.1. The van der Waals surface area contributed by atoms with Crippen LogP contribution in [0.5, 0.6) is 0 Å². The van der Waals surface area contributed by atoms with Crippen LogP contribution in [-0.2, 0) is 9.59 Å². The van der Waals surface area contributed by atoms with Crippen molar-refractivity contribution in [1.82, 2.24) is 10.3 Å². The number of carboxylic acid groups (broad SMARTS) is 1. The van der Waals surface area contributed by atoms with Crippen LogP contribution in [0.4, 0.5) is 0 Å². The van der Waals surface area contributed by atoms with Gasteiger partial charge in [-0.05, 0) is 12.1 Å². The van der Waals surface area contributed by atoms with Crippen molar-refractivity contribution >= 4 is 45.2 Å². The predicted octanol–water partition coefficient (Wildman–Crippen LogP) is 1.59. The quantitative estimate of drug-likeness (QED) is 0.631. The number of rotatable bonds is 8. The molecule has 0 saturated heterocycles. The monoisotopic (exact) mass is 340 g/mol. The van der Waals surface area contributed by atoms with E-state index in [0.717, 1.165) is 14.6 Å². The summed E-state index contributed by atoms with van der Waals surface area (Å²) in [6.45, 7) is -0.0277. The van der Waals surface area contributed by atoms with Gasteiger partial charge in [0, 0.05) is 18.7 Å². The van der Waals surface area contributed by atoms with E-state index in [2.05, 4.69) is 10.3 Å². The lowest BCUT2D eigenvalue weighted by Crippen LogP contribution is -2.31. The van der Waals surface area contributed by atoms with E-state index in [0.29, 0.717) is 0 Å². The van der Waals surface area contributed by atoms with E-state index in [9.17, 15) is 14.7 Å². The summed E-state index contributed by atoms with van der Waals surface area (Å²) < 4.78 is 1.85. The zero-order chi connectivity index (χ0) is 15.9. The van der Waals surface area contributed by atoms with Gasteiger partial charge >= 0.3 is 5.97 Å². The summed E-state index contributed by atoms with van der Waals surface area (Å²) in [5, 5.41) is 20.3. The minimum atomic E-state index is -1.01. The number of aromatic nitrogens is 1. The zero-order valence-electron chi connectivity index (χ0n) is 11.7. The smallest absolute Gasteiger partial charge is 0.307 e. The average molecular weight is 340 g/mol. The lowest BCUT2D eigenvalue weighted by Gasteiger charge is -2.10. The summed E-state index contributed by atoms with van der Waals surface area (Å²) in [7, 11) is 0. The molecule has 0 aliphatic carbocycles. The number of benzene rings is 1. The third kappa shape index (κ3) is 4.69. The fourth-order valence-corrected chi connectivity index (χ4v) is 3.97. The molecular formula is C14H16N2O4S2. The number of aliphatic hydroxyl groups excluding tert-OH is 1. The summed E-state index contributed by atoms with van der Waals surface area (Å²) in [5.74, 6) is -1.88. The summed E-state index contributed by atoms with van der Waals surface area (Å²) in [4.78, 5) is 27.2. The van der Waals surface area contributed by atoms with Gasteiger partial charge in [-0.2, -0.15) is 0 Å². The molecule has 0 aliphatic heterocycles. The Morgan fingerprint density at radius 3 is 2.82 bits per heavy atom. The van der Waals surface area contributed by atoms with E-state index in [1.54, 1.807) is 0 Å². The molecule has 3 N–H and O–H groups in total. The van der Waals surface area contributed by atoms with E-state index in [1.165, 1.54) is 23.1 Å². The first-order chi connectivity index (χ1) is 10.6. The first kappa shape index (κ1) is 16.7. The molecule has 1 atom stereocenters. The van der Waals surface area contributed by atoms with Crippen LogP contribution in [0, 0.1) is 5.92 Å². The van der Waals surface area contributed by atoms with E-state index < -0.39 is 11.9 Å². The number of carbonyl (C=O) groups excluding carboxylic acids is 1. The van der Waals surface area contributed by atoms with Gasteiger partial charge in [-0.3, -0.25) is 9.59 Å². The van der Waals surface area contributed by atoms with Crippen LogP contribution >= 0.6 is 23.1 Å². The Morgan fingerprint density at radius 2 is 2.14 bits per heavy atom. The maximum Gasteiger partial charge on any atom is 0.307 e. The van der Waals surface area contributed by atoms with Crippen LogP contribution in [0.25, 0.3) is 10.2 Å². The van der Waals surface area contributed by atoms with Gasteiger partial charge in [0.15, 0.2) is 4.34 Å². The van der Waals surface area contributed by atoms with Gasteiger partial charge in [0.25, 0.3) is 0 Å². The Labute approximate surface area is 135 Å². The molecule has 0 aliphatic rings. The van der Waals surface area contributed by atoms with Crippen LogP contribution < -0.4 is 5.32 Å². The van der Waals surface area contributed by atoms with Crippen LogP contribution in [0.3, 0.4) is 0 Å². The summed E-state index contributed by atoms with van der Waals surface area (Å²) in [6, 6.07) is 7.71. The number of nitrogens with one attached hydrogen (secondary N) is 1. The molecule has 6 nitrogen and oxygen atoms in total. The highest BCUT2D eigenvalue weighted by Gasteiger charge is 2.22. The number of thioether (sulfide) groups is 1. The van der Waals surface area contributed by atoms with E-state index in [1.807, 2.05) is 24.3 Å². The molecular weight excluding hydrogens is 324 g/mol. The van der Waals surface area contributed by atoms with Gasteiger partial charge in [-0.15, -0.1) is 11.3 Å². The van der Waals surface area contributed by atoms with Crippen molar-refractivity contribution in [2.24, 2.45) is 5.92 Å². The van der Waals surface area contributed by atoms with Crippen molar-refractivity contribution in [3.8, 4) is 0 Å². The SMILES string of the molecule is O=C(CC(CSc1nc2ccccc2s1)C(=O)O)NCCO. The predicted molar refractivity (Wildman–Crippen MR) is 86.2 cm³/mol. The molecule has 0 bridgehead atoms. The highest BCUT2D eigenvalue weighted by Crippen LogP contribution is 2.30. The molecule has 1 aromatic carbocycles. The number of aliphatic hydroxyl groups is 1. The molecule has 0 saturated carbocycles. The first-order valence-electron chi connectivity index (χ1n) is 6.69. The Bertz CT molecular complexity index is 626. The Kier molecular flexibility index (Phi) is 6.17. The van der Waals surface area contributed by atoms with Crippen LogP contribution in [0.15, 0.2) is 28.6 Å². The minimum absolute atomic E-state index is 0.104. The molecule has 0 fully saturated rings. The molecule has 1 unspecified atom stereocenters. The molecule has 22 heavy (non-hydrogen) atoms. The fraction of sp³-hybridized carbons (Fsp3) is 0.357. The fourth-order valence-electron chi connectivity index (χ4n) is 1.79. The third-order valence-electron chi connectivity index (χ3n) is 2.90. The van der Waals surface area contributed by atoms with Crippen molar-refractivity contribution in [3.63, 3.8) is 0 Å². The Morgan fingerprint density at radius 1 is 1.36 bits per heavy atom. The number of thiazole rings is 1. The highest BCUT2D eigenvalue weighted by molar-refractivity contribution is 8.01. The highest BCUT2D eigenvalue weighted by atomic mass is 32.2. The number of hydrogen-bond acceptors (Lipinski definition) is 6. The number of amides is 1. The third-order valence-corrected chi connectivity index (χ3v) is 5.24. The normalized spacial score (nSPS) is 12.2. The average Bonchev–Trinajstić information content (AvgIpc) is 2.91. The summed E-state index contributed by atoms with van der Waals surface area (Å²) in [5.41, 5.74) is 0.891. The van der Waals surface area contributed by atoms with Gasteiger partial charge in [0.2, 0.25) is 5.91 Å². The second kappa shape index (κ2) is 8.11. The van der Waals surface area contributed by atoms with E-state index in [-0.39, 0.29) is 31.2 Å². The standard InChI is InChI=1S/C14H16N2O4S2/c17-6-5-15-12(18)7-9(13(19)20)8-21-14-16-10-3-1-2-4-11(10)22-14/h1-4,9,17H,5-8H2,(H,15,18)(H,19,20). The molecule has 8 heteroatoms. The maximum absolute atomic E-state index is 11.6. The zero-order valence-corrected chi connectivity index (χ0v) is 13.3. The summed E-state index contributed by atoms with van der Waals surface area (Å²) in [6.07, 6.45) is -0.104. The molecule has 1 amide bonds. The Hall–Kier alpha value is -1.64.